The summed E-state index contributed by atoms with van der Waals surface area (Å²) >= 11 is 5.81. The molecule has 1 aliphatic heterocycles. The maximum absolute atomic E-state index is 14.2. The molecule has 0 atom stereocenters. The number of anilines is 1. The van der Waals surface area contributed by atoms with Gasteiger partial charge in [-0.3, -0.25) is 4.79 Å². The van der Waals surface area contributed by atoms with E-state index in [1.165, 1.54) is 24.5 Å². The Hall–Kier alpha value is -3.26. The van der Waals surface area contributed by atoms with Crippen LogP contribution in [0.25, 0.3) is 11.0 Å². The van der Waals surface area contributed by atoms with Gasteiger partial charge in [-0.15, -0.1) is 0 Å². The molecule has 4 rings (SSSR count). The van der Waals surface area contributed by atoms with Crippen molar-refractivity contribution in [1.82, 2.24) is 20.3 Å². The first-order chi connectivity index (χ1) is 13.5. The second-order valence-corrected chi connectivity index (χ2v) is 6.59. The number of nitrogens with one attached hydrogen (secondary N) is 1. The number of nitrogens with zero attached hydrogens (tertiary/aromatic N) is 4. The lowest BCUT2D eigenvalue weighted by Gasteiger charge is -2.40. The predicted molar refractivity (Wildman–Crippen MR) is 103 cm³/mol. The van der Waals surface area contributed by atoms with Crippen LogP contribution in [0, 0.1) is 5.82 Å². The van der Waals surface area contributed by atoms with E-state index in [0.717, 1.165) is 0 Å². The molecule has 1 amide bonds. The van der Waals surface area contributed by atoms with Crippen molar-refractivity contribution in [1.29, 1.82) is 0 Å². The van der Waals surface area contributed by atoms with Crippen LogP contribution in [0.2, 0.25) is 5.02 Å². The number of ether oxygens (including phenoxy) is 1. The summed E-state index contributed by atoms with van der Waals surface area (Å²) in [7, 11) is 0. The van der Waals surface area contributed by atoms with Gasteiger partial charge in [0, 0.05) is 13.1 Å². The standard InChI is InChI=1S/C19H15ClFN5O2/c1-2-16(27)24-11-8-26(9-11)15-7-6-13-18(25-15)19(23-10-22-13)28-14-5-3-4-12(20)17(14)21/h2-7,10-11H,1,8-9H2,(H,24,27). The van der Waals surface area contributed by atoms with Gasteiger partial charge >= 0.3 is 0 Å². The lowest BCUT2D eigenvalue weighted by atomic mass is 10.1. The van der Waals surface area contributed by atoms with E-state index >= 15 is 0 Å². The first kappa shape index (κ1) is 18.1. The van der Waals surface area contributed by atoms with E-state index in [-0.39, 0.29) is 28.6 Å². The molecule has 0 radical (unpaired) electrons. The molecular formula is C19H15ClFN5O2. The number of rotatable bonds is 5. The molecule has 28 heavy (non-hydrogen) atoms. The zero-order valence-electron chi connectivity index (χ0n) is 14.6. The van der Waals surface area contributed by atoms with Gasteiger partial charge in [-0.25, -0.2) is 14.4 Å². The average Bonchev–Trinajstić information content (AvgIpc) is 2.67. The summed E-state index contributed by atoms with van der Waals surface area (Å²) in [6, 6.07) is 8.12. The molecule has 3 heterocycles. The number of hydrogen-bond acceptors (Lipinski definition) is 6. The minimum absolute atomic E-state index is 0.0336. The topological polar surface area (TPSA) is 80.2 Å². The van der Waals surface area contributed by atoms with Gasteiger partial charge in [0.2, 0.25) is 11.8 Å². The maximum atomic E-state index is 14.2. The Labute approximate surface area is 164 Å². The van der Waals surface area contributed by atoms with E-state index in [1.54, 1.807) is 12.1 Å². The summed E-state index contributed by atoms with van der Waals surface area (Å²) in [5.41, 5.74) is 0.964. The number of aromatic nitrogens is 3. The molecule has 2 aromatic heterocycles. The Morgan fingerprint density at radius 3 is 2.93 bits per heavy atom. The highest BCUT2D eigenvalue weighted by Gasteiger charge is 2.29. The molecule has 1 saturated heterocycles. The van der Waals surface area contributed by atoms with E-state index in [2.05, 4.69) is 26.8 Å². The van der Waals surface area contributed by atoms with Gasteiger partial charge in [-0.05, 0) is 30.3 Å². The third kappa shape index (κ3) is 3.46. The minimum atomic E-state index is -0.671. The van der Waals surface area contributed by atoms with Crippen LogP contribution in [0.4, 0.5) is 10.2 Å². The van der Waals surface area contributed by atoms with E-state index in [1.807, 2.05) is 11.0 Å². The molecular weight excluding hydrogens is 385 g/mol. The van der Waals surface area contributed by atoms with Crippen molar-refractivity contribution >= 4 is 34.4 Å². The van der Waals surface area contributed by atoms with Crippen molar-refractivity contribution in [3.8, 4) is 11.6 Å². The normalized spacial score (nSPS) is 13.9. The number of hydrogen-bond donors (Lipinski definition) is 1. The molecule has 1 aliphatic rings. The third-order valence-corrected chi connectivity index (χ3v) is 4.59. The molecule has 142 valence electrons. The Balaban J connectivity index is 1.59. The number of fused-ring (bicyclic) bond motifs is 1. The summed E-state index contributed by atoms with van der Waals surface area (Å²) in [5.74, 6) is -0.108. The van der Waals surface area contributed by atoms with E-state index in [9.17, 15) is 9.18 Å². The van der Waals surface area contributed by atoms with Gasteiger partial charge in [-0.2, -0.15) is 4.98 Å². The average molecular weight is 400 g/mol. The monoisotopic (exact) mass is 399 g/mol. The van der Waals surface area contributed by atoms with Crippen LogP contribution in [0.15, 0.2) is 49.3 Å². The Bertz CT molecular complexity index is 1070. The highest BCUT2D eigenvalue weighted by atomic mass is 35.5. The zero-order valence-corrected chi connectivity index (χ0v) is 15.4. The maximum Gasteiger partial charge on any atom is 0.249 e. The second kappa shape index (κ2) is 7.40. The Morgan fingerprint density at radius 1 is 1.32 bits per heavy atom. The molecule has 1 fully saturated rings. The highest BCUT2D eigenvalue weighted by molar-refractivity contribution is 6.30. The third-order valence-electron chi connectivity index (χ3n) is 4.29. The van der Waals surface area contributed by atoms with Gasteiger partial charge < -0.3 is 15.0 Å². The van der Waals surface area contributed by atoms with Crippen LogP contribution in [-0.4, -0.2) is 40.0 Å². The van der Waals surface area contributed by atoms with Crippen molar-refractivity contribution in [2.75, 3.05) is 18.0 Å². The number of carbonyl (C=O) groups excluding carboxylic acids is 1. The summed E-state index contributed by atoms with van der Waals surface area (Å²) in [6.45, 7) is 4.67. The van der Waals surface area contributed by atoms with Gasteiger partial charge in [0.15, 0.2) is 17.1 Å². The minimum Gasteiger partial charge on any atom is -0.434 e. The fraction of sp³-hybridized carbons (Fsp3) is 0.158. The van der Waals surface area contributed by atoms with Crippen molar-refractivity contribution < 1.29 is 13.9 Å². The Kier molecular flexibility index (Phi) is 4.79. The molecule has 0 bridgehead atoms. The fourth-order valence-corrected chi connectivity index (χ4v) is 3.01. The second-order valence-electron chi connectivity index (χ2n) is 6.18. The molecule has 7 nitrogen and oxygen atoms in total. The molecule has 0 aliphatic carbocycles. The molecule has 0 saturated carbocycles. The van der Waals surface area contributed by atoms with E-state index in [4.69, 9.17) is 16.3 Å². The van der Waals surface area contributed by atoms with E-state index in [0.29, 0.717) is 29.9 Å². The molecule has 0 unspecified atom stereocenters. The van der Waals surface area contributed by atoms with Crippen molar-refractivity contribution in [3.63, 3.8) is 0 Å². The number of carbonyl (C=O) groups is 1. The lowest BCUT2D eigenvalue weighted by molar-refractivity contribution is -0.117. The number of amides is 1. The number of benzene rings is 1. The summed E-state index contributed by atoms with van der Waals surface area (Å²) in [5, 5.41) is 2.78. The lowest BCUT2D eigenvalue weighted by Crippen LogP contribution is -2.59. The van der Waals surface area contributed by atoms with Crippen molar-refractivity contribution in [3.05, 3.63) is 60.2 Å². The predicted octanol–water partition coefficient (Wildman–Crippen LogP) is 3.10. The summed E-state index contributed by atoms with van der Waals surface area (Å²) < 4.78 is 19.8. The van der Waals surface area contributed by atoms with Gasteiger partial charge in [0.25, 0.3) is 0 Å². The SMILES string of the molecule is C=CC(=O)NC1CN(c2ccc3ncnc(Oc4cccc(Cl)c4F)c3n2)C1. The van der Waals surface area contributed by atoms with E-state index < -0.39 is 5.82 Å². The molecule has 1 aromatic carbocycles. The van der Waals surface area contributed by atoms with Gasteiger partial charge in [0.05, 0.1) is 16.6 Å². The molecule has 9 heteroatoms. The van der Waals surface area contributed by atoms with Crippen molar-refractivity contribution in [2.45, 2.75) is 6.04 Å². The van der Waals surface area contributed by atoms with Crippen LogP contribution in [0.5, 0.6) is 11.6 Å². The molecule has 0 spiro atoms. The number of halogens is 2. The summed E-state index contributed by atoms with van der Waals surface area (Å²) in [4.78, 5) is 26.2. The van der Waals surface area contributed by atoms with Gasteiger partial charge in [0.1, 0.15) is 12.1 Å². The fourth-order valence-electron chi connectivity index (χ4n) is 2.84. The highest BCUT2D eigenvalue weighted by Crippen LogP contribution is 2.31. The molecule has 3 aromatic rings. The first-order valence-electron chi connectivity index (χ1n) is 8.46. The zero-order chi connectivity index (χ0) is 19.7. The van der Waals surface area contributed by atoms with Crippen LogP contribution < -0.4 is 15.0 Å². The largest absolute Gasteiger partial charge is 0.434 e. The van der Waals surface area contributed by atoms with Crippen molar-refractivity contribution in [2.24, 2.45) is 0 Å². The van der Waals surface area contributed by atoms with Crippen LogP contribution >= 0.6 is 11.6 Å². The summed E-state index contributed by atoms with van der Waals surface area (Å²) in [6.07, 6.45) is 2.57. The quantitative estimate of drug-likeness (QED) is 0.664. The number of pyridine rings is 1. The van der Waals surface area contributed by atoms with Crippen LogP contribution in [0.1, 0.15) is 0 Å². The smallest absolute Gasteiger partial charge is 0.249 e. The first-order valence-corrected chi connectivity index (χ1v) is 8.84. The molecule has 1 N–H and O–H groups in total. The Morgan fingerprint density at radius 2 is 2.14 bits per heavy atom. The van der Waals surface area contributed by atoms with Crippen LogP contribution in [-0.2, 0) is 4.79 Å². The van der Waals surface area contributed by atoms with Gasteiger partial charge in [-0.1, -0.05) is 24.2 Å². The van der Waals surface area contributed by atoms with Crippen LogP contribution in [0.3, 0.4) is 0 Å².